The normalized spacial score (nSPS) is 10.7. The zero-order chi connectivity index (χ0) is 15.5. The van der Waals surface area contributed by atoms with Crippen molar-refractivity contribution >= 4 is 5.82 Å². The molecular formula is C16H16FN5. The van der Waals surface area contributed by atoms with Gasteiger partial charge in [0.25, 0.3) is 0 Å². The summed E-state index contributed by atoms with van der Waals surface area (Å²) in [6.45, 7) is 4.26. The van der Waals surface area contributed by atoms with Crippen LogP contribution in [-0.4, -0.2) is 19.5 Å². The standard InChI is InChI=1S/C16H16FN5/c1-11-7-16(21-12(2)20-11)19-9-13-3-4-15(14(17)8-13)22-6-5-18-10-22/h3-8,10H,9H2,1-2H3,(H,19,20,21). The Morgan fingerprint density at radius 1 is 1.18 bits per heavy atom. The summed E-state index contributed by atoms with van der Waals surface area (Å²) in [5.41, 5.74) is 2.22. The van der Waals surface area contributed by atoms with Gasteiger partial charge in [-0.15, -0.1) is 0 Å². The lowest BCUT2D eigenvalue weighted by Gasteiger charge is -2.09. The molecule has 5 nitrogen and oxygen atoms in total. The van der Waals surface area contributed by atoms with Crippen molar-refractivity contribution in [2.45, 2.75) is 20.4 Å². The van der Waals surface area contributed by atoms with Crippen LogP contribution in [-0.2, 0) is 6.54 Å². The highest BCUT2D eigenvalue weighted by atomic mass is 19.1. The van der Waals surface area contributed by atoms with Gasteiger partial charge in [-0.3, -0.25) is 0 Å². The molecule has 0 saturated heterocycles. The van der Waals surface area contributed by atoms with Gasteiger partial charge in [0.2, 0.25) is 0 Å². The van der Waals surface area contributed by atoms with E-state index in [1.807, 2.05) is 26.0 Å². The summed E-state index contributed by atoms with van der Waals surface area (Å²) >= 11 is 0. The Morgan fingerprint density at radius 3 is 2.73 bits per heavy atom. The van der Waals surface area contributed by atoms with Crippen molar-refractivity contribution < 1.29 is 4.39 Å². The Balaban J connectivity index is 1.75. The summed E-state index contributed by atoms with van der Waals surface area (Å²) in [5.74, 6) is 1.17. The molecule has 0 atom stereocenters. The lowest BCUT2D eigenvalue weighted by Crippen LogP contribution is -2.05. The van der Waals surface area contributed by atoms with Gasteiger partial charge < -0.3 is 9.88 Å². The van der Waals surface area contributed by atoms with Crippen molar-refractivity contribution in [3.63, 3.8) is 0 Å². The second-order valence-corrected chi connectivity index (χ2v) is 5.05. The van der Waals surface area contributed by atoms with E-state index in [2.05, 4.69) is 20.3 Å². The molecule has 3 rings (SSSR count). The fourth-order valence-electron chi connectivity index (χ4n) is 2.27. The maximum atomic E-state index is 14.2. The third kappa shape index (κ3) is 3.11. The van der Waals surface area contributed by atoms with Crippen LogP contribution in [0.4, 0.5) is 10.2 Å². The zero-order valence-electron chi connectivity index (χ0n) is 12.4. The van der Waals surface area contributed by atoms with Crippen LogP contribution in [0.2, 0.25) is 0 Å². The number of nitrogens with zero attached hydrogens (tertiary/aromatic N) is 4. The molecule has 3 aromatic rings. The van der Waals surface area contributed by atoms with Gasteiger partial charge in [-0.05, 0) is 31.5 Å². The maximum absolute atomic E-state index is 14.2. The fourth-order valence-corrected chi connectivity index (χ4v) is 2.27. The van der Waals surface area contributed by atoms with E-state index >= 15 is 0 Å². The quantitative estimate of drug-likeness (QED) is 0.804. The first-order chi connectivity index (χ1) is 10.6. The topological polar surface area (TPSA) is 55.6 Å². The van der Waals surface area contributed by atoms with Crippen LogP contribution in [0, 0.1) is 19.7 Å². The van der Waals surface area contributed by atoms with Crippen molar-refractivity contribution in [3.8, 4) is 5.69 Å². The molecule has 1 N–H and O–H groups in total. The Bertz CT molecular complexity index is 763. The molecule has 0 spiro atoms. The Morgan fingerprint density at radius 2 is 2.05 bits per heavy atom. The Hall–Kier alpha value is -2.76. The van der Waals surface area contributed by atoms with Crippen molar-refractivity contribution in [3.05, 3.63) is 65.9 Å². The Kier molecular flexibility index (Phi) is 3.82. The SMILES string of the molecule is Cc1cc(NCc2ccc(-n3ccnc3)c(F)c2)nc(C)n1. The number of nitrogens with one attached hydrogen (secondary N) is 1. The van der Waals surface area contributed by atoms with Gasteiger partial charge in [-0.1, -0.05) is 6.07 Å². The monoisotopic (exact) mass is 297 g/mol. The van der Waals surface area contributed by atoms with E-state index in [9.17, 15) is 4.39 Å². The van der Waals surface area contributed by atoms with Gasteiger partial charge >= 0.3 is 0 Å². The van der Waals surface area contributed by atoms with Crippen LogP contribution in [0.25, 0.3) is 5.69 Å². The van der Waals surface area contributed by atoms with E-state index < -0.39 is 0 Å². The summed E-state index contributed by atoms with van der Waals surface area (Å²) in [7, 11) is 0. The molecule has 0 fully saturated rings. The van der Waals surface area contributed by atoms with E-state index in [-0.39, 0.29) is 5.82 Å². The van der Waals surface area contributed by atoms with Gasteiger partial charge in [0, 0.05) is 30.7 Å². The van der Waals surface area contributed by atoms with Crippen LogP contribution in [0.1, 0.15) is 17.1 Å². The average molecular weight is 297 g/mol. The summed E-state index contributed by atoms with van der Waals surface area (Å²) in [4.78, 5) is 12.4. The van der Waals surface area contributed by atoms with Gasteiger partial charge in [0.15, 0.2) is 0 Å². The van der Waals surface area contributed by atoms with E-state index in [1.54, 1.807) is 29.4 Å². The number of anilines is 1. The van der Waals surface area contributed by atoms with E-state index in [0.29, 0.717) is 18.1 Å². The number of aryl methyl sites for hydroxylation is 2. The number of imidazole rings is 1. The number of benzene rings is 1. The smallest absolute Gasteiger partial charge is 0.147 e. The molecule has 0 aliphatic rings. The highest BCUT2D eigenvalue weighted by molar-refractivity contribution is 5.40. The van der Waals surface area contributed by atoms with Crippen LogP contribution in [0.15, 0.2) is 43.0 Å². The minimum absolute atomic E-state index is 0.285. The van der Waals surface area contributed by atoms with Crippen LogP contribution < -0.4 is 5.32 Å². The molecule has 22 heavy (non-hydrogen) atoms. The molecule has 6 heteroatoms. The lowest BCUT2D eigenvalue weighted by atomic mass is 10.2. The van der Waals surface area contributed by atoms with Crippen molar-refractivity contribution in [1.29, 1.82) is 0 Å². The fraction of sp³-hybridized carbons (Fsp3) is 0.188. The highest BCUT2D eigenvalue weighted by Crippen LogP contribution is 2.16. The summed E-state index contributed by atoms with van der Waals surface area (Å²) in [6, 6.07) is 7.00. The maximum Gasteiger partial charge on any atom is 0.147 e. The summed E-state index contributed by atoms with van der Waals surface area (Å²) in [6.07, 6.45) is 4.90. The van der Waals surface area contributed by atoms with Gasteiger partial charge in [-0.25, -0.2) is 19.3 Å². The van der Waals surface area contributed by atoms with Gasteiger partial charge in [0.1, 0.15) is 17.5 Å². The first-order valence-electron chi connectivity index (χ1n) is 6.95. The molecule has 0 radical (unpaired) electrons. The van der Waals surface area contributed by atoms with Gasteiger partial charge in [0.05, 0.1) is 12.0 Å². The van der Waals surface area contributed by atoms with Crippen molar-refractivity contribution in [2.24, 2.45) is 0 Å². The number of hydrogen-bond acceptors (Lipinski definition) is 4. The van der Waals surface area contributed by atoms with E-state index in [0.717, 1.165) is 17.1 Å². The third-order valence-corrected chi connectivity index (χ3v) is 3.23. The minimum atomic E-state index is -0.285. The first-order valence-corrected chi connectivity index (χ1v) is 6.95. The second kappa shape index (κ2) is 5.93. The van der Waals surface area contributed by atoms with Crippen LogP contribution in [0.5, 0.6) is 0 Å². The molecule has 0 bridgehead atoms. The van der Waals surface area contributed by atoms with E-state index in [4.69, 9.17) is 0 Å². The molecule has 2 heterocycles. The molecule has 0 aliphatic heterocycles. The van der Waals surface area contributed by atoms with Crippen molar-refractivity contribution in [1.82, 2.24) is 19.5 Å². The number of aromatic nitrogens is 4. The number of halogens is 1. The highest BCUT2D eigenvalue weighted by Gasteiger charge is 2.06. The summed E-state index contributed by atoms with van der Waals surface area (Å²) in [5, 5.41) is 3.19. The first kappa shape index (κ1) is 14.2. The predicted octanol–water partition coefficient (Wildman–Crippen LogP) is 3.03. The molecule has 2 aromatic heterocycles. The lowest BCUT2D eigenvalue weighted by molar-refractivity contribution is 0.616. The molecule has 0 aliphatic carbocycles. The second-order valence-electron chi connectivity index (χ2n) is 5.05. The molecule has 112 valence electrons. The Labute approximate surface area is 127 Å². The molecular weight excluding hydrogens is 281 g/mol. The molecule has 0 unspecified atom stereocenters. The molecule has 0 saturated carbocycles. The van der Waals surface area contributed by atoms with Crippen LogP contribution in [0.3, 0.4) is 0 Å². The third-order valence-electron chi connectivity index (χ3n) is 3.23. The molecule has 1 aromatic carbocycles. The van der Waals surface area contributed by atoms with Crippen LogP contribution >= 0.6 is 0 Å². The van der Waals surface area contributed by atoms with Gasteiger partial charge in [-0.2, -0.15) is 0 Å². The summed E-state index contributed by atoms with van der Waals surface area (Å²) < 4.78 is 15.8. The largest absolute Gasteiger partial charge is 0.366 e. The number of rotatable bonds is 4. The van der Waals surface area contributed by atoms with Crippen molar-refractivity contribution in [2.75, 3.05) is 5.32 Å². The van der Waals surface area contributed by atoms with E-state index in [1.165, 1.54) is 6.07 Å². The molecule has 0 amide bonds. The average Bonchev–Trinajstić information content (AvgIpc) is 2.98. The zero-order valence-corrected chi connectivity index (χ0v) is 12.4. The number of hydrogen-bond donors (Lipinski definition) is 1. The predicted molar refractivity (Wildman–Crippen MR) is 82.4 cm³/mol. The minimum Gasteiger partial charge on any atom is -0.366 e.